The maximum Gasteiger partial charge on any atom is 0.226 e. The number of rotatable bonds is 7. The van der Waals surface area contributed by atoms with E-state index in [0.29, 0.717) is 17.4 Å². The van der Waals surface area contributed by atoms with Crippen molar-refractivity contribution in [2.45, 2.75) is 26.3 Å². The van der Waals surface area contributed by atoms with Gasteiger partial charge in [-0.05, 0) is 36.8 Å². The van der Waals surface area contributed by atoms with Gasteiger partial charge in [-0.2, -0.15) is 5.10 Å². The van der Waals surface area contributed by atoms with Gasteiger partial charge in [0.05, 0.1) is 18.3 Å². The lowest BCUT2D eigenvalue weighted by molar-refractivity contribution is -0.121. The zero-order valence-electron chi connectivity index (χ0n) is 15.9. The molecule has 0 aliphatic carbocycles. The Kier molecular flexibility index (Phi) is 6.77. The molecule has 0 atom stereocenters. The molecule has 3 aromatic rings. The molecule has 150 valence electrons. The molecule has 29 heavy (non-hydrogen) atoms. The van der Waals surface area contributed by atoms with E-state index < -0.39 is 0 Å². The van der Waals surface area contributed by atoms with Gasteiger partial charge in [0.2, 0.25) is 17.2 Å². The van der Waals surface area contributed by atoms with Gasteiger partial charge in [0, 0.05) is 34.9 Å². The maximum atomic E-state index is 12.1. The fourth-order valence-corrected chi connectivity index (χ4v) is 3.25. The van der Waals surface area contributed by atoms with E-state index in [4.69, 9.17) is 0 Å². The summed E-state index contributed by atoms with van der Waals surface area (Å²) < 4.78 is 2.52. The minimum atomic E-state index is -0.180. The van der Waals surface area contributed by atoms with Gasteiger partial charge in [0.25, 0.3) is 0 Å². The van der Waals surface area contributed by atoms with Crippen LogP contribution in [0.15, 0.2) is 57.9 Å². The summed E-state index contributed by atoms with van der Waals surface area (Å²) in [5.41, 5.74) is 2.25. The zero-order chi connectivity index (χ0) is 20.8. The van der Waals surface area contributed by atoms with Gasteiger partial charge in [0.1, 0.15) is 0 Å². The molecule has 2 aromatic carbocycles. The molecule has 0 unspecified atom stereocenters. The second kappa shape index (κ2) is 9.47. The Hall–Kier alpha value is -3.00. The second-order valence-electron chi connectivity index (χ2n) is 6.61. The average molecular weight is 457 g/mol. The van der Waals surface area contributed by atoms with Crippen LogP contribution in [0.5, 0.6) is 0 Å². The molecule has 0 radical (unpaired) electrons. The zero-order valence-corrected chi connectivity index (χ0v) is 17.5. The highest BCUT2D eigenvalue weighted by Crippen LogP contribution is 2.20. The van der Waals surface area contributed by atoms with Crippen molar-refractivity contribution >= 4 is 44.3 Å². The van der Waals surface area contributed by atoms with Crippen molar-refractivity contribution in [1.29, 1.82) is 0 Å². The Labute approximate surface area is 176 Å². The minimum absolute atomic E-state index is 0.145. The maximum absolute atomic E-state index is 12.1. The lowest BCUT2D eigenvalue weighted by atomic mass is 10.2. The number of aryl methyl sites for hydroxylation is 2. The summed E-state index contributed by atoms with van der Waals surface area (Å²) in [6, 6.07) is 12.8. The van der Waals surface area contributed by atoms with E-state index in [1.165, 1.54) is 6.20 Å². The van der Waals surface area contributed by atoms with E-state index in [2.05, 4.69) is 31.7 Å². The third kappa shape index (κ3) is 5.51. The predicted molar refractivity (Wildman–Crippen MR) is 116 cm³/mol. The molecule has 2 amide bonds. The van der Waals surface area contributed by atoms with E-state index in [-0.39, 0.29) is 36.6 Å². The van der Waals surface area contributed by atoms with Crippen molar-refractivity contribution in [2.24, 2.45) is 0 Å². The lowest BCUT2D eigenvalue weighted by Gasteiger charge is -2.10. The topological polar surface area (TPSA) is 93.1 Å². The first-order valence-corrected chi connectivity index (χ1v) is 10.0. The first kappa shape index (κ1) is 20.7. The Bertz CT molecular complexity index is 1110. The van der Waals surface area contributed by atoms with Gasteiger partial charge >= 0.3 is 0 Å². The van der Waals surface area contributed by atoms with Crippen LogP contribution in [0.4, 0.5) is 5.69 Å². The number of fused-ring (bicyclic) bond motifs is 1. The first-order chi connectivity index (χ1) is 13.9. The number of para-hydroxylation sites is 1. The number of carbonyl (C=O) groups is 2. The molecule has 3 rings (SSSR count). The minimum Gasteiger partial charge on any atom is -0.356 e. The van der Waals surface area contributed by atoms with Crippen LogP contribution in [0, 0.1) is 6.92 Å². The van der Waals surface area contributed by atoms with Crippen molar-refractivity contribution < 1.29 is 9.59 Å². The van der Waals surface area contributed by atoms with Crippen LogP contribution in [0.3, 0.4) is 0 Å². The molecule has 0 fully saturated rings. The molecule has 1 heterocycles. The van der Waals surface area contributed by atoms with E-state index in [9.17, 15) is 14.4 Å². The monoisotopic (exact) mass is 456 g/mol. The quantitative estimate of drug-likeness (QED) is 0.571. The Morgan fingerprint density at radius 1 is 1.10 bits per heavy atom. The van der Waals surface area contributed by atoms with Crippen LogP contribution in [0.25, 0.3) is 10.9 Å². The van der Waals surface area contributed by atoms with Crippen molar-refractivity contribution in [3.8, 4) is 0 Å². The van der Waals surface area contributed by atoms with Crippen molar-refractivity contribution in [1.82, 2.24) is 15.1 Å². The molecular weight excluding hydrogens is 436 g/mol. The molecule has 0 spiro atoms. The van der Waals surface area contributed by atoms with Crippen molar-refractivity contribution in [2.75, 3.05) is 11.9 Å². The number of nitrogens with zero attached hydrogens (tertiary/aromatic N) is 2. The normalized spacial score (nSPS) is 10.7. The Morgan fingerprint density at radius 2 is 1.90 bits per heavy atom. The van der Waals surface area contributed by atoms with Gasteiger partial charge in [0.15, 0.2) is 0 Å². The van der Waals surface area contributed by atoms with E-state index >= 15 is 0 Å². The predicted octanol–water partition coefficient (Wildman–Crippen LogP) is 3.00. The first-order valence-electron chi connectivity index (χ1n) is 9.21. The smallest absolute Gasteiger partial charge is 0.226 e. The van der Waals surface area contributed by atoms with Gasteiger partial charge in [-0.3, -0.25) is 19.1 Å². The van der Waals surface area contributed by atoms with E-state index in [1.807, 2.05) is 31.2 Å². The molecule has 8 heteroatoms. The summed E-state index contributed by atoms with van der Waals surface area (Å²) in [4.78, 5) is 36.0. The average Bonchev–Trinajstić information content (AvgIpc) is 2.70. The van der Waals surface area contributed by atoms with Crippen LogP contribution in [-0.4, -0.2) is 28.1 Å². The molecular formula is C21H21BrN4O3. The number of nitrogens with one attached hydrogen (secondary N) is 2. The highest BCUT2D eigenvalue weighted by Gasteiger charge is 2.09. The number of aromatic nitrogens is 2. The molecule has 0 aliphatic heterocycles. The van der Waals surface area contributed by atoms with Gasteiger partial charge in [-0.25, -0.2) is 0 Å². The van der Waals surface area contributed by atoms with Gasteiger partial charge in [-0.1, -0.05) is 34.1 Å². The summed E-state index contributed by atoms with van der Waals surface area (Å²) in [5.74, 6) is -0.347. The van der Waals surface area contributed by atoms with Gasteiger partial charge in [-0.15, -0.1) is 0 Å². The number of benzene rings is 2. The molecule has 0 saturated heterocycles. The fourth-order valence-electron chi connectivity index (χ4n) is 2.89. The summed E-state index contributed by atoms with van der Waals surface area (Å²) in [6.45, 7) is 2.50. The number of hydrogen-bond acceptors (Lipinski definition) is 4. The summed E-state index contributed by atoms with van der Waals surface area (Å²) >= 11 is 3.38. The van der Waals surface area contributed by atoms with Crippen LogP contribution >= 0.6 is 15.9 Å². The largest absolute Gasteiger partial charge is 0.356 e. The van der Waals surface area contributed by atoms with E-state index in [1.54, 1.807) is 22.9 Å². The summed E-state index contributed by atoms with van der Waals surface area (Å²) in [6.07, 6.45) is 1.64. The molecule has 0 saturated carbocycles. The van der Waals surface area contributed by atoms with Crippen molar-refractivity contribution in [3.63, 3.8) is 0 Å². The van der Waals surface area contributed by atoms with Crippen molar-refractivity contribution in [3.05, 3.63) is 68.9 Å². The fraction of sp³-hybridized carbons (Fsp3) is 0.238. The number of halogens is 1. The van der Waals surface area contributed by atoms with Crippen LogP contribution in [0.2, 0.25) is 0 Å². The van der Waals surface area contributed by atoms with Gasteiger partial charge < -0.3 is 10.6 Å². The Morgan fingerprint density at radius 3 is 2.72 bits per heavy atom. The van der Waals surface area contributed by atoms with Crippen LogP contribution in [-0.2, 0) is 16.1 Å². The lowest BCUT2D eigenvalue weighted by Crippen LogP contribution is -2.28. The summed E-state index contributed by atoms with van der Waals surface area (Å²) in [7, 11) is 0. The number of hydrogen-bond donors (Lipinski definition) is 2. The highest BCUT2D eigenvalue weighted by molar-refractivity contribution is 9.10. The number of anilines is 1. The molecule has 2 N–H and O–H groups in total. The molecule has 1 aromatic heterocycles. The standard InChI is InChI=1S/C21H21BrN4O3/c1-14-6-7-15(22)12-17(14)25-21(29)8-10-23-20(28)9-11-26-18-5-3-2-4-16(18)19(27)13-24-26/h2-7,12-13H,8-11H2,1H3,(H,23,28)(H,25,29). The number of carbonyl (C=O) groups excluding carboxylic acids is 2. The second-order valence-corrected chi connectivity index (χ2v) is 7.52. The third-order valence-electron chi connectivity index (χ3n) is 4.46. The third-order valence-corrected chi connectivity index (χ3v) is 4.95. The highest BCUT2D eigenvalue weighted by atomic mass is 79.9. The van der Waals surface area contributed by atoms with E-state index in [0.717, 1.165) is 15.7 Å². The SMILES string of the molecule is Cc1ccc(Br)cc1NC(=O)CCNC(=O)CCn1ncc(=O)c2ccccc21. The Balaban J connectivity index is 1.47. The van der Waals surface area contributed by atoms with Crippen LogP contribution < -0.4 is 16.1 Å². The van der Waals surface area contributed by atoms with Crippen LogP contribution in [0.1, 0.15) is 18.4 Å². The molecule has 7 nitrogen and oxygen atoms in total. The molecule has 0 aliphatic rings. The molecule has 0 bridgehead atoms. The number of amides is 2. The summed E-state index contributed by atoms with van der Waals surface area (Å²) in [5, 5.41) is 10.3.